The molecule has 1 rings (SSSR count). The van der Waals surface area contributed by atoms with Crippen LogP contribution in [0.3, 0.4) is 0 Å². The van der Waals surface area contributed by atoms with Crippen molar-refractivity contribution in [2.24, 2.45) is 0 Å². The molecular formula is C16H19Cl2FN2O3. The zero-order valence-electron chi connectivity index (χ0n) is 13.2. The summed E-state index contributed by atoms with van der Waals surface area (Å²) >= 11 is 10.8. The molecular weight excluding hydrogens is 358 g/mol. The number of likely N-dealkylation sites (N-methyl/N-ethyl adjacent to an activating group) is 1. The first kappa shape index (κ1) is 20.4. The average Bonchev–Trinajstić information content (AvgIpc) is 2.56. The van der Waals surface area contributed by atoms with Crippen molar-refractivity contribution in [1.82, 2.24) is 10.2 Å². The molecule has 0 aliphatic rings. The zero-order chi connectivity index (χ0) is 18.3. The number of carbonyl (C=O) groups is 2. The third kappa shape index (κ3) is 6.11. The van der Waals surface area contributed by atoms with Gasteiger partial charge in [-0.2, -0.15) is 0 Å². The van der Waals surface area contributed by atoms with E-state index < -0.39 is 29.6 Å². The molecule has 2 N–H and O–H groups in total. The summed E-state index contributed by atoms with van der Waals surface area (Å²) in [6.07, 6.45) is 1.78. The Morgan fingerprint density at radius 1 is 1.29 bits per heavy atom. The van der Waals surface area contributed by atoms with Gasteiger partial charge < -0.3 is 15.3 Å². The lowest BCUT2D eigenvalue weighted by Crippen LogP contribution is -2.43. The van der Waals surface area contributed by atoms with Gasteiger partial charge in [-0.3, -0.25) is 9.59 Å². The third-order valence-corrected chi connectivity index (χ3v) is 3.61. The Morgan fingerprint density at radius 3 is 2.33 bits per heavy atom. The largest absolute Gasteiger partial charge is 0.386 e. The summed E-state index contributed by atoms with van der Waals surface area (Å²) in [6.45, 7) is -0.980. The number of hydrogen-bond acceptors (Lipinski definition) is 3. The monoisotopic (exact) mass is 376 g/mol. The summed E-state index contributed by atoms with van der Waals surface area (Å²) in [7, 11) is 3.29. The van der Waals surface area contributed by atoms with Crippen LogP contribution < -0.4 is 5.32 Å². The molecule has 2 atom stereocenters. The fourth-order valence-corrected chi connectivity index (χ4v) is 1.93. The van der Waals surface area contributed by atoms with E-state index >= 15 is 0 Å². The van der Waals surface area contributed by atoms with Crippen LogP contribution in [0.2, 0.25) is 0 Å². The molecule has 8 heteroatoms. The van der Waals surface area contributed by atoms with Crippen LogP contribution in [0.1, 0.15) is 17.2 Å². The van der Waals surface area contributed by atoms with E-state index in [1.54, 1.807) is 44.4 Å². The molecule has 24 heavy (non-hydrogen) atoms. The first-order valence-electron chi connectivity index (χ1n) is 7.08. The van der Waals surface area contributed by atoms with Gasteiger partial charge in [-0.25, -0.2) is 4.39 Å². The van der Waals surface area contributed by atoms with Crippen molar-refractivity contribution in [1.29, 1.82) is 0 Å². The Labute approximate surface area is 150 Å². The summed E-state index contributed by atoms with van der Waals surface area (Å²) in [5.74, 6) is -0.933. The molecule has 0 aliphatic heterocycles. The van der Waals surface area contributed by atoms with Crippen LogP contribution in [0.4, 0.5) is 4.39 Å². The minimum atomic E-state index is -1.34. The number of alkyl halides is 3. The van der Waals surface area contributed by atoms with Crippen LogP contribution in [0.25, 0.3) is 6.08 Å². The second-order valence-corrected chi connectivity index (χ2v) is 6.34. The van der Waals surface area contributed by atoms with Crippen molar-refractivity contribution >= 4 is 41.1 Å². The van der Waals surface area contributed by atoms with E-state index in [0.717, 1.165) is 5.56 Å². The number of benzene rings is 1. The Bertz CT molecular complexity index is 591. The van der Waals surface area contributed by atoms with E-state index in [-0.39, 0.29) is 5.91 Å². The summed E-state index contributed by atoms with van der Waals surface area (Å²) in [4.78, 5) is 23.0. The third-order valence-electron chi connectivity index (χ3n) is 3.21. The molecule has 132 valence electrons. The van der Waals surface area contributed by atoms with Gasteiger partial charge >= 0.3 is 0 Å². The van der Waals surface area contributed by atoms with E-state index in [9.17, 15) is 19.1 Å². The maximum absolute atomic E-state index is 13.1. The van der Waals surface area contributed by atoms with Gasteiger partial charge in [-0.05, 0) is 17.2 Å². The Morgan fingerprint density at radius 2 is 1.88 bits per heavy atom. The van der Waals surface area contributed by atoms with Crippen molar-refractivity contribution in [3.63, 3.8) is 0 Å². The molecule has 0 bridgehead atoms. The second-order valence-electron chi connectivity index (χ2n) is 5.25. The number of aliphatic hydroxyl groups is 1. The maximum Gasteiger partial charge on any atom is 0.253 e. The first-order chi connectivity index (χ1) is 11.3. The fourth-order valence-electron chi connectivity index (χ4n) is 1.80. The molecule has 2 amide bonds. The van der Waals surface area contributed by atoms with E-state index in [2.05, 4.69) is 5.32 Å². The minimum Gasteiger partial charge on any atom is -0.386 e. The molecule has 0 radical (unpaired) electrons. The predicted molar refractivity (Wildman–Crippen MR) is 92.5 cm³/mol. The maximum atomic E-state index is 13.1. The van der Waals surface area contributed by atoms with Crippen molar-refractivity contribution in [2.45, 2.75) is 17.0 Å². The van der Waals surface area contributed by atoms with Gasteiger partial charge in [0.2, 0.25) is 5.91 Å². The van der Waals surface area contributed by atoms with Gasteiger partial charge in [0, 0.05) is 20.2 Å². The van der Waals surface area contributed by atoms with Gasteiger partial charge in [0.05, 0.1) is 6.04 Å². The Hall–Kier alpha value is -1.63. The summed E-state index contributed by atoms with van der Waals surface area (Å²) in [5, 5.41) is 12.4. The molecule has 0 fully saturated rings. The normalized spacial score (nSPS) is 13.8. The molecule has 0 aromatic heterocycles. The van der Waals surface area contributed by atoms with Crippen LogP contribution in [-0.4, -0.2) is 53.5 Å². The molecule has 0 saturated heterocycles. The lowest BCUT2D eigenvalue weighted by Gasteiger charge is -2.22. The van der Waals surface area contributed by atoms with Gasteiger partial charge in [-0.1, -0.05) is 47.5 Å². The first-order valence-corrected chi connectivity index (χ1v) is 7.95. The SMILES string of the molecule is CN(C)C(=O)/C=C/c1ccc([C@@H](O)[C@@H](CF)NC(=O)C(Cl)Cl)cc1. The molecule has 0 heterocycles. The molecule has 0 spiro atoms. The highest BCUT2D eigenvalue weighted by Crippen LogP contribution is 2.19. The highest BCUT2D eigenvalue weighted by molar-refractivity contribution is 6.53. The van der Waals surface area contributed by atoms with Crippen LogP contribution in [0.15, 0.2) is 30.3 Å². The fraction of sp³-hybridized carbons (Fsp3) is 0.375. The number of amides is 2. The number of hydrogen-bond donors (Lipinski definition) is 2. The molecule has 0 saturated carbocycles. The van der Waals surface area contributed by atoms with Crippen molar-refractivity contribution in [2.75, 3.05) is 20.8 Å². The molecule has 0 aliphatic carbocycles. The molecule has 1 aromatic rings. The number of carbonyl (C=O) groups excluding carboxylic acids is 2. The summed E-state index contributed by atoms with van der Waals surface area (Å²) < 4.78 is 13.1. The molecule has 0 unspecified atom stereocenters. The second kappa shape index (κ2) is 9.61. The Balaban J connectivity index is 2.79. The quantitative estimate of drug-likeness (QED) is 0.565. The number of halogens is 3. The summed E-state index contributed by atoms with van der Waals surface area (Å²) in [6, 6.07) is 5.34. The number of aliphatic hydroxyl groups excluding tert-OH is 1. The highest BCUT2D eigenvalue weighted by Gasteiger charge is 2.25. The van der Waals surface area contributed by atoms with Crippen LogP contribution in [-0.2, 0) is 9.59 Å². The van der Waals surface area contributed by atoms with E-state index in [4.69, 9.17) is 23.2 Å². The lowest BCUT2D eigenvalue weighted by molar-refractivity contribution is -0.123. The predicted octanol–water partition coefficient (Wildman–Crippen LogP) is 2.08. The Kier molecular flexibility index (Phi) is 8.18. The van der Waals surface area contributed by atoms with Crippen molar-refractivity contribution in [3.05, 3.63) is 41.5 Å². The van der Waals surface area contributed by atoms with E-state index in [1.165, 1.54) is 11.0 Å². The van der Waals surface area contributed by atoms with Crippen LogP contribution in [0.5, 0.6) is 0 Å². The standard InChI is InChI=1S/C16H19Cl2FN2O3/c1-21(2)13(22)8-5-10-3-6-11(7-4-10)14(23)12(9-19)20-16(24)15(17)18/h3-8,12,14-15,23H,9H2,1-2H3,(H,20,24)/b8-5+/t12-,14-/m1/s1. The van der Waals surface area contributed by atoms with E-state index in [1.807, 2.05) is 0 Å². The lowest BCUT2D eigenvalue weighted by atomic mass is 10.0. The highest BCUT2D eigenvalue weighted by atomic mass is 35.5. The minimum absolute atomic E-state index is 0.156. The summed E-state index contributed by atoms with van der Waals surface area (Å²) in [5.41, 5.74) is 1.15. The van der Waals surface area contributed by atoms with Gasteiger partial charge in [0.25, 0.3) is 5.91 Å². The van der Waals surface area contributed by atoms with Gasteiger partial charge in [-0.15, -0.1) is 0 Å². The van der Waals surface area contributed by atoms with Gasteiger partial charge in [0.1, 0.15) is 12.8 Å². The number of nitrogens with zero attached hydrogens (tertiary/aromatic N) is 1. The van der Waals surface area contributed by atoms with Crippen LogP contribution >= 0.6 is 23.2 Å². The average molecular weight is 377 g/mol. The zero-order valence-corrected chi connectivity index (χ0v) is 14.8. The van der Waals surface area contributed by atoms with Gasteiger partial charge in [0.15, 0.2) is 4.84 Å². The smallest absolute Gasteiger partial charge is 0.253 e. The number of rotatable bonds is 7. The number of nitrogens with one attached hydrogen (secondary N) is 1. The van der Waals surface area contributed by atoms with Crippen LogP contribution in [0, 0.1) is 0 Å². The molecule has 1 aromatic carbocycles. The van der Waals surface area contributed by atoms with Crippen molar-refractivity contribution < 1.29 is 19.1 Å². The molecule has 5 nitrogen and oxygen atoms in total. The topological polar surface area (TPSA) is 69.6 Å². The van der Waals surface area contributed by atoms with Crippen molar-refractivity contribution in [3.8, 4) is 0 Å². The van der Waals surface area contributed by atoms with E-state index in [0.29, 0.717) is 5.56 Å².